The molecule has 0 spiro atoms. The zero-order valence-electron chi connectivity index (χ0n) is 13.9. The molecule has 3 rings (SSSR count). The van der Waals surface area contributed by atoms with Crippen LogP contribution in [0.15, 0.2) is 63.7 Å². The minimum atomic E-state index is -4.70. The van der Waals surface area contributed by atoms with Crippen molar-refractivity contribution in [3.8, 4) is 5.75 Å². The summed E-state index contributed by atoms with van der Waals surface area (Å²) in [5.41, 5.74) is 0.422. The number of azo groups is 1. The first-order valence-corrected chi connectivity index (χ1v) is 9.01. The van der Waals surface area contributed by atoms with Crippen LogP contribution in [-0.2, 0) is 10.1 Å². The molecular weight excluding hydrogens is 374 g/mol. The van der Waals surface area contributed by atoms with Crippen molar-refractivity contribution in [3.05, 3.63) is 64.2 Å². The van der Waals surface area contributed by atoms with Crippen LogP contribution < -0.4 is 0 Å². The average molecular weight is 387 g/mol. The number of rotatable bonds is 4. The fraction of sp³-hybridized carbons (Fsp3) is 0.0588. The number of aryl methyl sites for hydroxylation is 1. The van der Waals surface area contributed by atoms with Crippen LogP contribution in [-0.4, -0.2) is 23.0 Å². The largest absolute Gasteiger partial charge is 0.504 e. The highest BCUT2D eigenvalue weighted by molar-refractivity contribution is 7.86. The Balaban J connectivity index is 2.23. The Morgan fingerprint density at radius 2 is 1.78 bits per heavy atom. The second kappa shape index (κ2) is 6.74. The Kier molecular flexibility index (Phi) is 4.60. The van der Waals surface area contributed by atoms with Crippen LogP contribution >= 0.6 is 0 Å². The minimum Gasteiger partial charge on any atom is -0.504 e. The number of phenolic OH excluding ortho intramolecular Hbond substituents is 1. The summed E-state index contributed by atoms with van der Waals surface area (Å²) in [5, 5.41) is 29.9. The third-order valence-corrected chi connectivity index (χ3v) is 4.77. The van der Waals surface area contributed by atoms with Crippen LogP contribution in [0.3, 0.4) is 0 Å². The Morgan fingerprint density at radius 3 is 2.44 bits per heavy atom. The highest BCUT2D eigenvalue weighted by Gasteiger charge is 2.21. The maximum absolute atomic E-state index is 11.5. The summed E-state index contributed by atoms with van der Waals surface area (Å²) in [4.78, 5) is 9.64. The molecule has 2 N–H and O–H groups in total. The van der Waals surface area contributed by atoms with Crippen molar-refractivity contribution in [2.24, 2.45) is 10.2 Å². The van der Waals surface area contributed by atoms with Gasteiger partial charge in [-0.1, -0.05) is 30.3 Å². The summed E-state index contributed by atoms with van der Waals surface area (Å²) >= 11 is 0. The predicted molar refractivity (Wildman–Crippen MR) is 97.4 cm³/mol. The molecule has 138 valence electrons. The van der Waals surface area contributed by atoms with E-state index in [0.717, 1.165) is 6.07 Å². The standard InChI is InChI=1S/C17H13N3O6S/c1-10-6-7-12(20(22)23)9-14(10)18-19-16-13-5-3-2-4-11(13)8-15(17(16)21)27(24,25)26/h2-9,21H,1H3,(H,24,25,26). The number of nitro benzene ring substituents is 1. The molecule has 0 bridgehead atoms. The van der Waals surface area contributed by atoms with Crippen molar-refractivity contribution in [1.82, 2.24) is 0 Å². The molecule has 27 heavy (non-hydrogen) atoms. The van der Waals surface area contributed by atoms with E-state index in [1.807, 2.05) is 0 Å². The number of nitrogens with zero attached hydrogens (tertiary/aromatic N) is 3. The summed E-state index contributed by atoms with van der Waals surface area (Å²) < 4.78 is 32.4. The Bertz CT molecular complexity index is 1200. The molecule has 0 fully saturated rings. The Hall–Kier alpha value is -3.37. The smallest absolute Gasteiger partial charge is 0.298 e. The molecule has 0 unspecified atom stereocenters. The van der Waals surface area contributed by atoms with E-state index in [4.69, 9.17) is 0 Å². The highest BCUT2D eigenvalue weighted by Crippen LogP contribution is 2.41. The third-order valence-electron chi connectivity index (χ3n) is 3.90. The number of hydrogen-bond donors (Lipinski definition) is 2. The van der Waals surface area contributed by atoms with Gasteiger partial charge in [0.2, 0.25) is 0 Å². The number of phenols is 1. The van der Waals surface area contributed by atoms with Gasteiger partial charge < -0.3 is 5.11 Å². The quantitative estimate of drug-likeness (QED) is 0.293. The summed E-state index contributed by atoms with van der Waals surface area (Å²) in [6.45, 7) is 1.67. The van der Waals surface area contributed by atoms with Crippen molar-refractivity contribution >= 4 is 38.0 Å². The Morgan fingerprint density at radius 1 is 1.07 bits per heavy atom. The van der Waals surface area contributed by atoms with Gasteiger partial charge in [-0.25, -0.2) is 0 Å². The molecule has 0 heterocycles. The topological polar surface area (TPSA) is 142 Å². The van der Waals surface area contributed by atoms with E-state index in [0.29, 0.717) is 16.3 Å². The molecule has 0 aliphatic rings. The second-order valence-corrected chi connectivity index (χ2v) is 7.09. The lowest BCUT2D eigenvalue weighted by molar-refractivity contribution is -0.384. The van der Waals surface area contributed by atoms with Gasteiger partial charge in [-0.05, 0) is 23.9 Å². The summed E-state index contributed by atoms with van der Waals surface area (Å²) in [5.74, 6) is -0.761. The molecule has 10 heteroatoms. The monoisotopic (exact) mass is 387 g/mol. The van der Waals surface area contributed by atoms with Crippen molar-refractivity contribution in [2.45, 2.75) is 11.8 Å². The van der Waals surface area contributed by atoms with Gasteiger partial charge in [-0.3, -0.25) is 14.7 Å². The lowest BCUT2D eigenvalue weighted by atomic mass is 10.1. The van der Waals surface area contributed by atoms with Crippen LogP contribution in [0.5, 0.6) is 5.75 Å². The van der Waals surface area contributed by atoms with E-state index >= 15 is 0 Å². The first kappa shape index (κ1) is 18.4. The van der Waals surface area contributed by atoms with Gasteiger partial charge >= 0.3 is 0 Å². The molecule has 0 aromatic heterocycles. The van der Waals surface area contributed by atoms with Gasteiger partial charge in [0.25, 0.3) is 15.8 Å². The summed E-state index contributed by atoms with van der Waals surface area (Å²) in [6.07, 6.45) is 0. The molecular formula is C17H13N3O6S. The zero-order chi connectivity index (χ0) is 19.8. The molecule has 0 aliphatic carbocycles. The maximum Gasteiger partial charge on any atom is 0.298 e. The average Bonchev–Trinajstić information content (AvgIpc) is 2.60. The summed E-state index contributed by atoms with van der Waals surface area (Å²) in [7, 11) is -4.70. The Labute approximate surface area is 153 Å². The van der Waals surface area contributed by atoms with Crippen molar-refractivity contribution in [1.29, 1.82) is 0 Å². The van der Waals surface area contributed by atoms with Gasteiger partial charge in [-0.2, -0.15) is 8.42 Å². The number of nitro groups is 1. The molecule has 3 aromatic carbocycles. The highest BCUT2D eigenvalue weighted by atomic mass is 32.2. The van der Waals surface area contributed by atoms with Gasteiger partial charge in [0.1, 0.15) is 10.6 Å². The number of hydrogen-bond acceptors (Lipinski definition) is 7. The lowest BCUT2D eigenvalue weighted by Gasteiger charge is -2.08. The van der Waals surface area contributed by atoms with E-state index in [1.54, 1.807) is 31.2 Å². The summed E-state index contributed by atoms with van der Waals surface area (Å²) in [6, 6.07) is 11.6. The SMILES string of the molecule is Cc1ccc([N+](=O)[O-])cc1N=Nc1c(O)c(S(=O)(=O)O)cc2ccccc12. The molecule has 0 saturated carbocycles. The van der Waals surface area contributed by atoms with Crippen LogP contribution in [0.1, 0.15) is 5.56 Å². The number of benzene rings is 3. The van der Waals surface area contributed by atoms with Crippen LogP contribution in [0.4, 0.5) is 17.1 Å². The van der Waals surface area contributed by atoms with Crippen molar-refractivity contribution in [2.75, 3.05) is 0 Å². The van der Waals surface area contributed by atoms with E-state index in [2.05, 4.69) is 10.2 Å². The molecule has 0 saturated heterocycles. The second-order valence-electron chi connectivity index (χ2n) is 5.70. The van der Waals surface area contributed by atoms with Crippen molar-refractivity contribution in [3.63, 3.8) is 0 Å². The predicted octanol–water partition coefficient (Wildman–Crippen LogP) is 4.42. The van der Waals surface area contributed by atoms with E-state index in [1.165, 1.54) is 18.2 Å². The zero-order valence-corrected chi connectivity index (χ0v) is 14.7. The van der Waals surface area contributed by atoms with Gasteiger partial charge in [-0.15, -0.1) is 10.2 Å². The van der Waals surface area contributed by atoms with E-state index < -0.39 is 25.7 Å². The number of fused-ring (bicyclic) bond motifs is 1. The third kappa shape index (κ3) is 3.61. The molecule has 0 atom stereocenters. The van der Waals surface area contributed by atoms with Crippen LogP contribution in [0, 0.1) is 17.0 Å². The van der Waals surface area contributed by atoms with Gasteiger partial charge in [0.15, 0.2) is 5.75 Å². The van der Waals surface area contributed by atoms with Crippen LogP contribution in [0.2, 0.25) is 0 Å². The first-order valence-electron chi connectivity index (χ1n) is 7.57. The van der Waals surface area contributed by atoms with Gasteiger partial charge in [0.05, 0.1) is 10.6 Å². The number of aromatic hydroxyl groups is 1. The fourth-order valence-corrected chi connectivity index (χ4v) is 3.13. The van der Waals surface area contributed by atoms with E-state index in [9.17, 15) is 28.2 Å². The molecule has 0 amide bonds. The van der Waals surface area contributed by atoms with Crippen LogP contribution in [0.25, 0.3) is 10.8 Å². The molecule has 9 nitrogen and oxygen atoms in total. The maximum atomic E-state index is 11.5. The van der Waals surface area contributed by atoms with Crippen molar-refractivity contribution < 1.29 is 23.0 Å². The molecule has 0 aliphatic heterocycles. The normalized spacial score (nSPS) is 11.9. The number of non-ortho nitro benzene ring substituents is 1. The van der Waals surface area contributed by atoms with Gasteiger partial charge in [0, 0.05) is 17.5 Å². The molecule has 0 radical (unpaired) electrons. The fourth-order valence-electron chi connectivity index (χ4n) is 2.51. The van der Waals surface area contributed by atoms with E-state index in [-0.39, 0.29) is 17.1 Å². The lowest BCUT2D eigenvalue weighted by Crippen LogP contribution is -1.98. The molecule has 3 aromatic rings. The first-order chi connectivity index (χ1) is 12.7. The minimum absolute atomic E-state index is 0.174.